The van der Waals surface area contributed by atoms with Gasteiger partial charge in [-0.1, -0.05) is 29.8 Å². The minimum atomic E-state index is -0.292. The Labute approximate surface area is 138 Å². The fourth-order valence-corrected chi connectivity index (χ4v) is 2.42. The van der Waals surface area contributed by atoms with Crippen LogP contribution in [0, 0.1) is 13.8 Å². The summed E-state index contributed by atoms with van der Waals surface area (Å²) in [5, 5.41) is 13.3. The van der Waals surface area contributed by atoms with Gasteiger partial charge in [-0.25, -0.2) is 9.78 Å². The van der Waals surface area contributed by atoms with Gasteiger partial charge in [0.25, 0.3) is 11.5 Å². The Morgan fingerprint density at radius 1 is 1.25 bits per heavy atom. The van der Waals surface area contributed by atoms with Gasteiger partial charge in [-0.3, -0.25) is 9.59 Å². The average molecular weight is 323 g/mol. The molecule has 1 amide bonds. The largest absolute Gasteiger partial charge is 0.348 e. The van der Waals surface area contributed by atoms with Crippen LogP contribution in [0.2, 0.25) is 0 Å². The second-order valence-corrected chi connectivity index (χ2v) is 5.51. The zero-order valence-electron chi connectivity index (χ0n) is 13.4. The second kappa shape index (κ2) is 6.49. The summed E-state index contributed by atoms with van der Waals surface area (Å²) < 4.78 is 1.51. The monoisotopic (exact) mass is 323 g/mol. The number of benzene rings is 1. The molecule has 0 spiro atoms. The van der Waals surface area contributed by atoms with E-state index >= 15 is 0 Å². The number of aromatic amines is 1. The van der Waals surface area contributed by atoms with Crippen LogP contribution in [0.25, 0.3) is 5.82 Å². The van der Waals surface area contributed by atoms with E-state index in [1.807, 2.05) is 31.2 Å². The molecule has 2 heterocycles. The van der Waals surface area contributed by atoms with Crippen molar-refractivity contribution < 1.29 is 4.79 Å². The second-order valence-electron chi connectivity index (χ2n) is 5.51. The zero-order chi connectivity index (χ0) is 17.1. The highest BCUT2D eigenvalue weighted by Gasteiger charge is 2.15. The van der Waals surface area contributed by atoms with Gasteiger partial charge in [0.2, 0.25) is 0 Å². The van der Waals surface area contributed by atoms with Crippen LogP contribution in [0.4, 0.5) is 0 Å². The van der Waals surface area contributed by atoms with E-state index in [-0.39, 0.29) is 11.5 Å². The van der Waals surface area contributed by atoms with E-state index in [0.717, 1.165) is 11.1 Å². The van der Waals surface area contributed by atoms with E-state index in [4.69, 9.17) is 0 Å². The third-order valence-corrected chi connectivity index (χ3v) is 3.67. The first kappa shape index (κ1) is 15.7. The highest BCUT2D eigenvalue weighted by Crippen LogP contribution is 2.12. The summed E-state index contributed by atoms with van der Waals surface area (Å²) in [7, 11) is 0. The molecule has 24 heavy (non-hydrogen) atoms. The van der Waals surface area contributed by atoms with Crippen molar-refractivity contribution in [2.24, 2.45) is 0 Å². The number of hydrogen-bond acceptors (Lipinski definition) is 4. The summed E-state index contributed by atoms with van der Waals surface area (Å²) in [6, 6.07) is 10.9. The standard InChI is InChI=1S/C17H17N5O2/c1-11-4-3-5-13(8-11)9-18-17(24)14-10-19-22(12(14)2)15-6-7-16(23)21-20-15/h3-8,10H,9H2,1-2H3,(H,18,24)(H,21,23). The summed E-state index contributed by atoms with van der Waals surface area (Å²) in [6.45, 7) is 4.24. The number of nitrogens with zero attached hydrogens (tertiary/aromatic N) is 3. The lowest BCUT2D eigenvalue weighted by Crippen LogP contribution is -2.23. The molecule has 0 fully saturated rings. The van der Waals surface area contributed by atoms with Gasteiger partial charge in [-0.15, -0.1) is 0 Å². The van der Waals surface area contributed by atoms with Crippen molar-refractivity contribution in [3.05, 3.63) is 75.3 Å². The maximum Gasteiger partial charge on any atom is 0.264 e. The minimum Gasteiger partial charge on any atom is -0.348 e. The van der Waals surface area contributed by atoms with Crippen LogP contribution in [0.15, 0.2) is 47.4 Å². The van der Waals surface area contributed by atoms with Gasteiger partial charge in [0.05, 0.1) is 17.5 Å². The molecule has 2 N–H and O–H groups in total. The zero-order valence-corrected chi connectivity index (χ0v) is 13.4. The number of carbonyl (C=O) groups excluding carboxylic acids is 1. The van der Waals surface area contributed by atoms with Gasteiger partial charge < -0.3 is 5.32 Å². The molecule has 7 nitrogen and oxygen atoms in total. The maximum atomic E-state index is 12.4. The molecular weight excluding hydrogens is 306 g/mol. The summed E-state index contributed by atoms with van der Waals surface area (Å²) in [5.41, 5.74) is 3.01. The van der Waals surface area contributed by atoms with Crippen molar-refractivity contribution in [2.75, 3.05) is 0 Å². The predicted octanol–water partition coefficient (Wildman–Crippen LogP) is 1.50. The van der Waals surface area contributed by atoms with Crippen LogP contribution in [-0.4, -0.2) is 25.9 Å². The summed E-state index contributed by atoms with van der Waals surface area (Å²) in [5.74, 6) is 0.245. The van der Waals surface area contributed by atoms with Crippen LogP contribution in [0.5, 0.6) is 0 Å². The molecule has 3 rings (SSSR count). The third kappa shape index (κ3) is 3.24. The molecule has 0 aliphatic rings. The summed E-state index contributed by atoms with van der Waals surface area (Å²) in [6.07, 6.45) is 1.49. The number of nitrogens with one attached hydrogen (secondary N) is 2. The number of aromatic nitrogens is 4. The SMILES string of the molecule is Cc1cccc(CNC(=O)c2cnn(-c3ccc(=O)[nH]n3)c2C)c1. The maximum absolute atomic E-state index is 12.4. The van der Waals surface area contributed by atoms with E-state index in [1.165, 1.54) is 16.9 Å². The molecule has 0 atom stereocenters. The summed E-state index contributed by atoms with van der Waals surface area (Å²) >= 11 is 0. The van der Waals surface area contributed by atoms with Crippen LogP contribution in [0.1, 0.15) is 27.2 Å². The molecule has 1 aromatic carbocycles. The van der Waals surface area contributed by atoms with Gasteiger partial charge in [-0.2, -0.15) is 10.2 Å². The number of rotatable bonds is 4. The van der Waals surface area contributed by atoms with Crippen molar-refractivity contribution in [3.63, 3.8) is 0 Å². The Kier molecular flexibility index (Phi) is 4.24. The predicted molar refractivity (Wildman–Crippen MR) is 89.1 cm³/mol. The Bertz CT molecular complexity index is 922. The quantitative estimate of drug-likeness (QED) is 0.761. The fraction of sp³-hybridized carbons (Fsp3) is 0.176. The van der Waals surface area contributed by atoms with Crippen molar-refractivity contribution in [1.82, 2.24) is 25.3 Å². The van der Waals surface area contributed by atoms with Crippen molar-refractivity contribution in [2.45, 2.75) is 20.4 Å². The smallest absolute Gasteiger partial charge is 0.264 e. The highest BCUT2D eigenvalue weighted by atomic mass is 16.1. The van der Waals surface area contributed by atoms with Crippen LogP contribution < -0.4 is 10.9 Å². The molecule has 0 radical (unpaired) electrons. The van der Waals surface area contributed by atoms with E-state index in [2.05, 4.69) is 20.6 Å². The molecule has 122 valence electrons. The fourth-order valence-electron chi connectivity index (χ4n) is 2.42. The van der Waals surface area contributed by atoms with Gasteiger partial charge >= 0.3 is 0 Å². The van der Waals surface area contributed by atoms with Crippen molar-refractivity contribution >= 4 is 5.91 Å². The first-order valence-corrected chi connectivity index (χ1v) is 7.49. The molecule has 3 aromatic rings. The van der Waals surface area contributed by atoms with Gasteiger partial charge in [0.1, 0.15) is 0 Å². The van der Waals surface area contributed by atoms with E-state index in [1.54, 1.807) is 13.0 Å². The molecule has 0 aliphatic heterocycles. The van der Waals surface area contributed by atoms with Crippen molar-refractivity contribution in [3.8, 4) is 5.82 Å². The number of amides is 1. The average Bonchev–Trinajstić information content (AvgIpc) is 2.95. The first-order valence-electron chi connectivity index (χ1n) is 7.49. The molecule has 0 aliphatic carbocycles. The van der Waals surface area contributed by atoms with E-state index in [9.17, 15) is 9.59 Å². The molecule has 7 heteroatoms. The number of aryl methyl sites for hydroxylation is 1. The first-order chi connectivity index (χ1) is 11.5. The number of carbonyl (C=O) groups is 1. The number of H-pyrrole nitrogens is 1. The Morgan fingerprint density at radius 2 is 2.08 bits per heavy atom. The highest BCUT2D eigenvalue weighted by molar-refractivity contribution is 5.95. The minimum absolute atomic E-state index is 0.204. The van der Waals surface area contributed by atoms with Crippen LogP contribution in [-0.2, 0) is 6.54 Å². The van der Waals surface area contributed by atoms with Gasteiger partial charge in [-0.05, 0) is 25.5 Å². The van der Waals surface area contributed by atoms with Crippen molar-refractivity contribution in [1.29, 1.82) is 0 Å². The normalized spacial score (nSPS) is 10.6. The molecule has 0 saturated heterocycles. The van der Waals surface area contributed by atoms with Crippen LogP contribution >= 0.6 is 0 Å². The molecule has 2 aromatic heterocycles. The Morgan fingerprint density at radius 3 is 2.79 bits per heavy atom. The topological polar surface area (TPSA) is 92.7 Å². The van der Waals surface area contributed by atoms with Gasteiger partial charge in [0.15, 0.2) is 5.82 Å². The Hall–Kier alpha value is -3.22. The van der Waals surface area contributed by atoms with Gasteiger partial charge in [0, 0.05) is 12.6 Å². The molecule has 0 bridgehead atoms. The lowest BCUT2D eigenvalue weighted by molar-refractivity contribution is 0.0950. The summed E-state index contributed by atoms with van der Waals surface area (Å²) in [4.78, 5) is 23.5. The molecule has 0 unspecified atom stereocenters. The number of hydrogen-bond donors (Lipinski definition) is 2. The van der Waals surface area contributed by atoms with E-state index < -0.39 is 0 Å². The molecular formula is C17H17N5O2. The lowest BCUT2D eigenvalue weighted by atomic mass is 10.1. The third-order valence-electron chi connectivity index (χ3n) is 3.67. The van der Waals surface area contributed by atoms with Crippen LogP contribution in [0.3, 0.4) is 0 Å². The lowest BCUT2D eigenvalue weighted by Gasteiger charge is -2.06. The van der Waals surface area contributed by atoms with E-state index in [0.29, 0.717) is 23.6 Å². The molecule has 0 saturated carbocycles. The Balaban J connectivity index is 1.76.